The molecule has 2 aliphatic rings. The molecule has 21 heavy (non-hydrogen) atoms. The van der Waals surface area contributed by atoms with Gasteiger partial charge in [0.25, 0.3) is 0 Å². The molecule has 0 aliphatic carbocycles. The fourth-order valence-corrected chi connectivity index (χ4v) is 3.88. The summed E-state index contributed by atoms with van der Waals surface area (Å²) in [6, 6.07) is 6.84. The fraction of sp³-hybridized carbons (Fsp3) is 0.562. The standard InChI is InChI=1S/C16H22N2O2S/c1-20-15-5-2-10(16(17)21)6-11(15)9-18-12-3-4-13(18)8-14(19)7-12/h2,5-6,12-14,19H,3-4,7-9H2,1H3,(H2,17,21). The monoisotopic (exact) mass is 306 g/mol. The van der Waals surface area contributed by atoms with Crippen LogP contribution in [0, 0.1) is 0 Å². The Kier molecular flexibility index (Phi) is 4.15. The maximum atomic E-state index is 9.91. The van der Waals surface area contributed by atoms with Gasteiger partial charge in [0.1, 0.15) is 10.7 Å². The molecule has 2 saturated heterocycles. The number of benzene rings is 1. The molecule has 3 rings (SSSR count). The molecule has 0 spiro atoms. The molecule has 114 valence electrons. The molecule has 2 heterocycles. The second-order valence-electron chi connectivity index (χ2n) is 6.07. The van der Waals surface area contributed by atoms with Crippen molar-refractivity contribution in [1.29, 1.82) is 0 Å². The van der Waals surface area contributed by atoms with Crippen molar-refractivity contribution in [2.45, 2.75) is 50.4 Å². The summed E-state index contributed by atoms with van der Waals surface area (Å²) < 4.78 is 5.47. The zero-order valence-corrected chi connectivity index (χ0v) is 13.1. The number of aliphatic hydroxyl groups is 1. The number of hydrogen-bond acceptors (Lipinski definition) is 4. The number of aliphatic hydroxyl groups excluding tert-OH is 1. The first kappa shape index (κ1) is 14.8. The van der Waals surface area contributed by atoms with Gasteiger partial charge in [-0.05, 0) is 43.9 Å². The van der Waals surface area contributed by atoms with Crippen molar-refractivity contribution >= 4 is 17.2 Å². The average molecular weight is 306 g/mol. The van der Waals surface area contributed by atoms with E-state index in [1.54, 1.807) is 7.11 Å². The summed E-state index contributed by atoms with van der Waals surface area (Å²) in [5, 5.41) is 9.91. The van der Waals surface area contributed by atoms with Crippen molar-refractivity contribution in [2.75, 3.05) is 7.11 Å². The van der Waals surface area contributed by atoms with Crippen molar-refractivity contribution in [1.82, 2.24) is 4.90 Å². The number of nitrogens with two attached hydrogens (primary N) is 1. The first-order valence-electron chi connectivity index (χ1n) is 7.49. The van der Waals surface area contributed by atoms with Crippen LogP contribution in [0.2, 0.25) is 0 Å². The lowest BCUT2D eigenvalue weighted by atomic mass is 9.98. The number of nitrogens with zero attached hydrogens (tertiary/aromatic N) is 1. The molecule has 4 nitrogen and oxygen atoms in total. The van der Waals surface area contributed by atoms with Gasteiger partial charge in [0.2, 0.25) is 0 Å². The summed E-state index contributed by atoms with van der Waals surface area (Å²) in [6.07, 6.45) is 3.99. The zero-order valence-electron chi connectivity index (χ0n) is 12.3. The minimum absolute atomic E-state index is 0.136. The fourth-order valence-electron chi connectivity index (χ4n) is 3.76. The van der Waals surface area contributed by atoms with E-state index in [-0.39, 0.29) is 6.10 Å². The zero-order chi connectivity index (χ0) is 15.0. The van der Waals surface area contributed by atoms with Gasteiger partial charge in [0, 0.05) is 29.8 Å². The molecule has 2 atom stereocenters. The molecule has 1 aromatic carbocycles. The molecule has 1 aromatic rings. The van der Waals surface area contributed by atoms with Crippen LogP contribution < -0.4 is 10.5 Å². The predicted octanol–water partition coefficient (Wildman–Crippen LogP) is 1.82. The largest absolute Gasteiger partial charge is 0.496 e. The van der Waals surface area contributed by atoms with Crippen molar-refractivity contribution < 1.29 is 9.84 Å². The Morgan fingerprint density at radius 2 is 2.05 bits per heavy atom. The molecule has 2 bridgehead atoms. The Morgan fingerprint density at radius 3 is 2.62 bits per heavy atom. The Labute approximate surface area is 130 Å². The topological polar surface area (TPSA) is 58.7 Å². The normalized spacial score (nSPS) is 28.6. The third-order valence-corrected chi connectivity index (χ3v) is 5.01. The van der Waals surface area contributed by atoms with Gasteiger partial charge in [0.15, 0.2) is 0 Å². The van der Waals surface area contributed by atoms with E-state index < -0.39 is 0 Å². The lowest BCUT2D eigenvalue weighted by Crippen LogP contribution is -2.44. The number of methoxy groups -OCH3 is 1. The van der Waals surface area contributed by atoms with Crippen LogP contribution >= 0.6 is 12.2 Å². The number of piperidine rings is 1. The molecular weight excluding hydrogens is 284 g/mol. The summed E-state index contributed by atoms with van der Waals surface area (Å²) in [5.74, 6) is 0.875. The first-order valence-corrected chi connectivity index (χ1v) is 7.90. The van der Waals surface area contributed by atoms with Crippen LogP contribution in [-0.4, -0.2) is 40.3 Å². The number of ether oxygens (including phenoxy) is 1. The van der Waals surface area contributed by atoms with E-state index in [0.717, 1.165) is 36.3 Å². The average Bonchev–Trinajstić information content (AvgIpc) is 2.70. The summed E-state index contributed by atoms with van der Waals surface area (Å²) in [5.41, 5.74) is 7.74. The molecule has 5 heteroatoms. The van der Waals surface area contributed by atoms with Crippen molar-refractivity contribution in [3.63, 3.8) is 0 Å². The van der Waals surface area contributed by atoms with Gasteiger partial charge in [0.05, 0.1) is 13.2 Å². The predicted molar refractivity (Wildman–Crippen MR) is 86.5 cm³/mol. The van der Waals surface area contributed by atoms with E-state index in [1.165, 1.54) is 12.8 Å². The van der Waals surface area contributed by atoms with Gasteiger partial charge in [-0.3, -0.25) is 4.90 Å². The van der Waals surface area contributed by atoms with Crippen molar-refractivity contribution in [2.24, 2.45) is 5.73 Å². The Hall–Kier alpha value is -1.17. The minimum Gasteiger partial charge on any atom is -0.496 e. The Balaban J connectivity index is 1.84. The summed E-state index contributed by atoms with van der Waals surface area (Å²) in [4.78, 5) is 2.92. The SMILES string of the molecule is COc1ccc(C(N)=S)cc1CN1C2CCC1CC(O)C2. The molecule has 2 aliphatic heterocycles. The summed E-state index contributed by atoms with van der Waals surface area (Å²) in [6.45, 7) is 0.835. The van der Waals surface area contributed by atoms with Crippen LogP contribution in [0.15, 0.2) is 18.2 Å². The maximum Gasteiger partial charge on any atom is 0.123 e. The van der Waals surface area contributed by atoms with E-state index in [4.69, 9.17) is 22.7 Å². The van der Waals surface area contributed by atoms with Gasteiger partial charge in [-0.1, -0.05) is 12.2 Å². The highest BCUT2D eigenvalue weighted by Gasteiger charge is 2.40. The highest BCUT2D eigenvalue weighted by Crippen LogP contribution is 2.37. The van der Waals surface area contributed by atoms with Gasteiger partial charge in [-0.15, -0.1) is 0 Å². The molecule has 2 fully saturated rings. The van der Waals surface area contributed by atoms with Crippen LogP contribution in [0.5, 0.6) is 5.75 Å². The highest BCUT2D eigenvalue weighted by molar-refractivity contribution is 7.80. The van der Waals surface area contributed by atoms with E-state index in [2.05, 4.69) is 4.90 Å². The smallest absolute Gasteiger partial charge is 0.123 e. The quantitative estimate of drug-likeness (QED) is 0.831. The molecule has 0 radical (unpaired) electrons. The lowest BCUT2D eigenvalue weighted by Gasteiger charge is -2.37. The van der Waals surface area contributed by atoms with E-state index in [1.807, 2.05) is 18.2 Å². The van der Waals surface area contributed by atoms with Crippen molar-refractivity contribution in [3.05, 3.63) is 29.3 Å². The lowest BCUT2D eigenvalue weighted by molar-refractivity contribution is 0.0307. The molecule has 2 unspecified atom stereocenters. The number of rotatable bonds is 4. The summed E-state index contributed by atoms with van der Waals surface area (Å²) >= 11 is 5.07. The summed E-state index contributed by atoms with van der Waals surface area (Å²) in [7, 11) is 1.69. The van der Waals surface area contributed by atoms with Gasteiger partial charge < -0.3 is 15.6 Å². The van der Waals surface area contributed by atoms with Crippen LogP contribution in [0.1, 0.15) is 36.8 Å². The third-order valence-electron chi connectivity index (χ3n) is 4.78. The molecule has 0 amide bonds. The van der Waals surface area contributed by atoms with Crippen molar-refractivity contribution in [3.8, 4) is 5.75 Å². The van der Waals surface area contributed by atoms with Gasteiger partial charge >= 0.3 is 0 Å². The Bertz CT molecular complexity index is 535. The van der Waals surface area contributed by atoms with E-state index >= 15 is 0 Å². The highest BCUT2D eigenvalue weighted by atomic mass is 32.1. The van der Waals surface area contributed by atoms with Crippen LogP contribution in [0.3, 0.4) is 0 Å². The minimum atomic E-state index is -0.136. The second-order valence-corrected chi connectivity index (χ2v) is 6.51. The number of thiocarbonyl (C=S) groups is 1. The van der Waals surface area contributed by atoms with Gasteiger partial charge in [-0.25, -0.2) is 0 Å². The van der Waals surface area contributed by atoms with Crippen LogP contribution in [-0.2, 0) is 6.54 Å². The molecule has 0 aromatic heterocycles. The number of fused-ring (bicyclic) bond motifs is 2. The van der Waals surface area contributed by atoms with Gasteiger partial charge in [-0.2, -0.15) is 0 Å². The second kappa shape index (κ2) is 5.91. The first-order chi connectivity index (χ1) is 10.1. The molecular formula is C16H22N2O2S. The molecule has 0 saturated carbocycles. The third kappa shape index (κ3) is 2.91. The molecule has 3 N–H and O–H groups in total. The Morgan fingerprint density at radius 1 is 1.38 bits per heavy atom. The van der Waals surface area contributed by atoms with Crippen LogP contribution in [0.4, 0.5) is 0 Å². The maximum absolute atomic E-state index is 9.91. The van der Waals surface area contributed by atoms with Crippen LogP contribution in [0.25, 0.3) is 0 Å². The number of hydrogen-bond donors (Lipinski definition) is 2. The van der Waals surface area contributed by atoms with E-state index in [9.17, 15) is 5.11 Å². The van der Waals surface area contributed by atoms with E-state index in [0.29, 0.717) is 17.1 Å².